The number of nitrogens with one attached hydrogen (secondary N) is 1. The molecule has 20 heavy (non-hydrogen) atoms. The highest BCUT2D eigenvalue weighted by Gasteiger charge is 2.48. The van der Waals surface area contributed by atoms with Crippen LogP contribution in [0.15, 0.2) is 24.3 Å². The maximum Gasteiger partial charge on any atom is 0.249 e. The van der Waals surface area contributed by atoms with Crippen LogP contribution >= 0.6 is 0 Å². The fraction of sp³-hybridized carbons (Fsp3) is 0.562. The van der Waals surface area contributed by atoms with Gasteiger partial charge in [-0.1, -0.05) is 32.0 Å². The second-order valence-corrected chi connectivity index (χ2v) is 5.96. The molecule has 0 radical (unpaired) electrons. The van der Waals surface area contributed by atoms with E-state index in [0.29, 0.717) is 24.3 Å². The summed E-state index contributed by atoms with van der Waals surface area (Å²) in [6.45, 7) is 7.88. The zero-order valence-corrected chi connectivity index (χ0v) is 12.5. The molecule has 0 aliphatic heterocycles. The van der Waals surface area contributed by atoms with Gasteiger partial charge in [0, 0.05) is 30.2 Å². The van der Waals surface area contributed by atoms with Gasteiger partial charge in [0.2, 0.25) is 5.91 Å². The Hall–Kier alpha value is -1.39. The lowest BCUT2D eigenvalue weighted by molar-refractivity contribution is -0.114. The average Bonchev–Trinajstić information content (AvgIpc) is 2.42. The average molecular weight is 276 g/mol. The molecule has 4 heteroatoms. The number of carbonyl (C=O) groups is 1. The number of rotatable bonds is 6. The van der Waals surface area contributed by atoms with Crippen LogP contribution in [-0.2, 0) is 11.3 Å². The zero-order chi connectivity index (χ0) is 14.8. The number of benzene rings is 1. The van der Waals surface area contributed by atoms with E-state index in [9.17, 15) is 4.79 Å². The number of hydrogen-bond donors (Lipinski definition) is 2. The van der Waals surface area contributed by atoms with Gasteiger partial charge in [0.05, 0.1) is 6.10 Å². The molecule has 4 nitrogen and oxygen atoms in total. The maximum atomic E-state index is 11.4. The molecule has 1 amide bonds. The molecule has 0 bridgehead atoms. The molecule has 2 unspecified atom stereocenters. The number of ether oxygens (including phenoxy) is 1. The summed E-state index contributed by atoms with van der Waals surface area (Å²) in [6.07, 6.45) is 1.33. The summed E-state index contributed by atoms with van der Waals surface area (Å²) >= 11 is 0. The first-order valence-electron chi connectivity index (χ1n) is 7.19. The summed E-state index contributed by atoms with van der Waals surface area (Å²) in [6, 6.07) is 7.88. The molecule has 3 N–H and O–H groups in total. The van der Waals surface area contributed by atoms with Gasteiger partial charge < -0.3 is 15.8 Å². The first kappa shape index (κ1) is 15.0. The van der Waals surface area contributed by atoms with Gasteiger partial charge in [-0.25, -0.2) is 0 Å². The predicted octanol–water partition coefficient (Wildman–Crippen LogP) is 2.08. The van der Waals surface area contributed by atoms with Crippen molar-refractivity contribution < 1.29 is 9.53 Å². The van der Waals surface area contributed by atoms with Crippen LogP contribution in [0.2, 0.25) is 0 Å². The summed E-state index contributed by atoms with van der Waals surface area (Å²) in [4.78, 5) is 11.4. The third-order valence-electron chi connectivity index (χ3n) is 4.37. The molecule has 1 aromatic carbocycles. The van der Waals surface area contributed by atoms with Crippen molar-refractivity contribution in [2.75, 3.05) is 6.61 Å². The fourth-order valence-electron chi connectivity index (χ4n) is 2.86. The van der Waals surface area contributed by atoms with Crippen LogP contribution in [0.1, 0.15) is 43.1 Å². The van der Waals surface area contributed by atoms with Gasteiger partial charge >= 0.3 is 0 Å². The summed E-state index contributed by atoms with van der Waals surface area (Å²) in [5.41, 5.74) is 7.07. The first-order valence-corrected chi connectivity index (χ1v) is 7.19. The van der Waals surface area contributed by atoms with Crippen LogP contribution in [0.5, 0.6) is 0 Å². The minimum absolute atomic E-state index is 0.123. The minimum atomic E-state index is -0.373. The van der Waals surface area contributed by atoms with Gasteiger partial charge in [-0.05, 0) is 25.0 Å². The smallest absolute Gasteiger partial charge is 0.249 e. The van der Waals surface area contributed by atoms with Crippen molar-refractivity contribution in [1.82, 2.24) is 5.32 Å². The fourth-order valence-corrected chi connectivity index (χ4v) is 2.86. The molecule has 0 spiro atoms. The van der Waals surface area contributed by atoms with Gasteiger partial charge in [-0.3, -0.25) is 4.79 Å². The van der Waals surface area contributed by atoms with Gasteiger partial charge in [-0.2, -0.15) is 0 Å². The van der Waals surface area contributed by atoms with Crippen molar-refractivity contribution >= 4 is 5.91 Å². The lowest BCUT2D eigenvalue weighted by atomic mass is 9.64. The highest BCUT2D eigenvalue weighted by molar-refractivity contribution is 5.94. The van der Waals surface area contributed by atoms with Crippen molar-refractivity contribution in [2.45, 2.75) is 45.9 Å². The Morgan fingerprint density at radius 2 is 2.15 bits per heavy atom. The quantitative estimate of drug-likeness (QED) is 0.836. The van der Waals surface area contributed by atoms with Gasteiger partial charge in [-0.15, -0.1) is 0 Å². The minimum Gasteiger partial charge on any atom is -0.378 e. The monoisotopic (exact) mass is 276 g/mol. The van der Waals surface area contributed by atoms with E-state index < -0.39 is 0 Å². The number of hydrogen-bond acceptors (Lipinski definition) is 3. The maximum absolute atomic E-state index is 11.4. The van der Waals surface area contributed by atoms with Crippen LogP contribution in [0.25, 0.3) is 0 Å². The third-order valence-corrected chi connectivity index (χ3v) is 4.37. The third kappa shape index (κ3) is 2.86. The van der Waals surface area contributed by atoms with E-state index >= 15 is 0 Å². The Labute approximate surface area is 120 Å². The SMILES string of the molecule is CCOC1CC(NCc2ccccc2C(N)=O)C1(C)C. The molecular weight excluding hydrogens is 252 g/mol. The number of primary amides is 1. The number of amides is 1. The summed E-state index contributed by atoms with van der Waals surface area (Å²) in [5, 5.41) is 3.52. The summed E-state index contributed by atoms with van der Waals surface area (Å²) < 4.78 is 5.72. The Morgan fingerprint density at radius 1 is 1.45 bits per heavy atom. The molecule has 1 saturated carbocycles. The molecule has 1 aromatic rings. The van der Waals surface area contributed by atoms with Crippen LogP contribution < -0.4 is 11.1 Å². The first-order chi connectivity index (χ1) is 9.46. The Bertz CT molecular complexity index is 485. The molecule has 2 rings (SSSR count). The summed E-state index contributed by atoms with van der Waals surface area (Å²) in [5.74, 6) is -0.373. The molecule has 1 aliphatic rings. The molecule has 0 heterocycles. The topological polar surface area (TPSA) is 64.3 Å². The standard InChI is InChI=1S/C16H24N2O2/c1-4-20-14-9-13(16(14,2)3)18-10-11-7-5-6-8-12(11)15(17)19/h5-8,13-14,18H,4,9-10H2,1-3H3,(H2,17,19). The van der Waals surface area contributed by atoms with Crippen molar-refractivity contribution in [3.63, 3.8) is 0 Å². The highest BCUT2D eigenvalue weighted by Crippen LogP contribution is 2.42. The Morgan fingerprint density at radius 3 is 2.75 bits per heavy atom. The van der Waals surface area contributed by atoms with Crippen molar-refractivity contribution in [3.05, 3.63) is 35.4 Å². The zero-order valence-electron chi connectivity index (χ0n) is 12.5. The van der Waals surface area contributed by atoms with E-state index in [1.165, 1.54) is 0 Å². The Balaban J connectivity index is 1.96. The normalized spacial score (nSPS) is 24.1. The number of carbonyl (C=O) groups excluding carboxylic acids is 1. The molecule has 110 valence electrons. The highest BCUT2D eigenvalue weighted by atomic mass is 16.5. The largest absolute Gasteiger partial charge is 0.378 e. The van der Waals surface area contributed by atoms with Crippen molar-refractivity contribution in [1.29, 1.82) is 0 Å². The van der Waals surface area contributed by atoms with Crippen molar-refractivity contribution in [2.24, 2.45) is 11.1 Å². The van der Waals surface area contributed by atoms with E-state index in [-0.39, 0.29) is 11.3 Å². The van der Waals surface area contributed by atoms with Crippen LogP contribution in [0, 0.1) is 5.41 Å². The molecule has 0 aromatic heterocycles. The van der Waals surface area contributed by atoms with Crippen molar-refractivity contribution in [3.8, 4) is 0 Å². The molecule has 1 aliphatic carbocycles. The second-order valence-electron chi connectivity index (χ2n) is 5.96. The van der Waals surface area contributed by atoms with E-state index in [0.717, 1.165) is 18.6 Å². The van der Waals surface area contributed by atoms with Crippen LogP contribution in [0.4, 0.5) is 0 Å². The molecule has 1 fully saturated rings. The Kier molecular flexibility index (Phi) is 4.45. The van der Waals surface area contributed by atoms with E-state index in [2.05, 4.69) is 19.2 Å². The second kappa shape index (κ2) is 5.94. The lowest BCUT2D eigenvalue weighted by Crippen LogP contribution is -2.60. The molecule has 0 saturated heterocycles. The van der Waals surface area contributed by atoms with Gasteiger partial charge in [0.25, 0.3) is 0 Å². The van der Waals surface area contributed by atoms with E-state index in [1.54, 1.807) is 6.07 Å². The molecular formula is C16H24N2O2. The molecule has 2 atom stereocenters. The summed E-state index contributed by atoms with van der Waals surface area (Å²) in [7, 11) is 0. The lowest BCUT2D eigenvalue weighted by Gasteiger charge is -2.52. The van der Waals surface area contributed by atoms with Gasteiger partial charge in [0.15, 0.2) is 0 Å². The predicted molar refractivity (Wildman–Crippen MR) is 79.4 cm³/mol. The number of nitrogens with two attached hydrogens (primary N) is 1. The van der Waals surface area contributed by atoms with Gasteiger partial charge in [0.1, 0.15) is 0 Å². The van der Waals surface area contributed by atoms with Crippen LogP contribution in [-0.4, -0.2) is 24.7 Å². The van der Waals surface area contributed by atoms with Crippen LogP contribution in [0.3, 0.4) is 0 Å². The van der Waals surface area contributed by atoms with E-state index in [4.69, 9.17) is 10.5 Å². The van der Waals surface area contributed by atoms with E-state index in [1.807, 2.05) is 25.1 Å².